The Balaban J connectivity index is 1.86. The Kier molecular flexibility index (Phi) is 3.70. The lowest BCUT2D eigenvalue weighted by molar-refractivity contribution is 0.405. The van der Waals surface area contributed by atoms with Crippen molar-refractivity contribution in [2.75, 3.05) is 32.5 Å². The fourth-order valence-electron chi connectivity index (χ4n) is 2.90. The molecule has 24 heavy (non-hydrogen) atoms. The van der Waals surface area contributed by atoms with E-state index in [2.05, 4.69) is 39.4 Å². The Hall–Kier alpha value is -2.80. The number of hydrogen-bond donors (Lipinski definition) is 1. The van der Waals surface area contributed by atoms with E-state index in [1.807, 2.05) is 12.1 Å². The molecule has 4 aromatic heterocycles. The summed E-state index contributed by atoms with van der Waals surface area (Å²) >= 11 is 0. The summed E-state index contributed by atoms with van der Waals surface area (Å²) in [6.45, 7) is 1.91. The maximum absolute atomic E-state index is 4.76. The van der Waals surface area contributed by atoms with Crippen LogP contribution in [-0.4, -0.2) is 56.7 Å². The molecule has 122 valence electrons. The van der Waals surface area contributed by atoms with Gasteiger partial charge in [0.1, 0.15) is 17.4 Å². The normalized spacial score (nSPS) is 11.8. The van der Waals surface area contributed by atoms with Crippen LogP contribution < -0.4 is 5.32 Å². The number of rotatable bonds is 5. The standard InChI is InChI=1S/C17H19N7/c1-23(2)9-3-6-20-15-12-4-7-18-10-13(12)21-16-14-5-8-19-11-24(14)22-17(15)16/h4-5,7-8,10-11,20H,3,6,9H2,1-2H3. The zero-order valence-electron chi connectivity index (χ0n) is 13.8. The minimum absolute atomic E-state index is 0.867. The van der Waals surface area contributed by atoms with Crippen molar-refractivity contribution in [3.05, 3.63) is 37.1 Å². The maximum atomic E-state index is 4.76. The van der Waals surface area contributed by atoms with Crippen molar-refractivity contribution in [3.8, 4) is 0 Å². The van der Waals surface area contributed by atoms with E-state index in [0.717, 1.165) is 52.7 Å². The number of pyridine rings is 2. The Morgan fingerprint density at radius 2 is 2.00 bits per heavy atom. The molecule has 4 rings (SSSR count). The van der Waals surface area contributed by atoms with Crippen molar-refractivity contribution in [1.82, 2.24) is 29.5 Å². The Labute approximate surface area is 139 Å². The molecule has 0 bridgehead atoms. The molecule has 4 aromatic rings. The highest BCUT2D eigenvalue weighted by molar-refractivity contribution is 6.09. The third-order valence-corrected chi connectivity index (χ3v) is 4.04. The largest absolute Gasteiger partial charge is 0.383 e. The Morgan fingerprint density at radius 3 is 2.88 bits per heavy atom. The van der Waals surface area contributed by atoms with E-state index in [1.165, 1.54) is 0 Å². The molecule has 7 nitrogen and oxygen atoms in total. The van der Waals surface area contributed by atoms with Gasteiger partial charge in [0, 0.05) is 24.3 Å². The van der Waals surface area contributed by atoms with Crippen LogP contribution in [0.15, 0.2) is 37.1 Å². The minimum Gasteiger partial charge on any atom is -0.383 e. The van der Waals surface area contributed by atoms with Gasteiger partial charge in [0.15, 0.2) is 0 Å². The van der Waals surface area contributed by atoms with E-state index < -0.39 is 0 Å². The van der Waals surface area contributed by atoms with Crippen molar-refractivity contribution in [2.24, 2.45) is 0 Å². The molecule has 0 saturated heterocycles. The van der Waals surface area contributed by atoms with E-state index in [1.54, 1.807) is 29.4 Å². The van der Waals surface area contributed by atoms with E-state index >= 15 is 0 Å². The molecule has 0 aliphatic rings. The molecule has 7 heteroatoms. The quantitative estimate of drug-likeness (QED) is 0.568. The summed E-state index contributed by atoms with van der Waals surface area (Å²) < 4.78 is 1.77. The lowest BCUT2D eigenvalue weighted by Gasteiger charge is -2.12. The van der Waals surface area contributed by atoms with Gasteiger partial charge >= 0.3 is 0 Å². The summed E-state index contributed by atoms with van der Waals surface area (Å²) in [5.74, 6) is 0. The molecule has 0 aliphatic carbocycles. The number of nitrogens with one attached hydrogen (secondary N) is 1. The SMILES string of the molecule is CN(C)CCCNc1c2ccncc2nc2c1nn1cnccc21. The van der Waals surface area contributed by atoms with Crippen molar-refractivity contribution >= 4 is 33.1 Å². The number of hydrogen-bond acceptors (Lipinski definition) is 6. The summed E-state index contributed by atoms with van der Waals surface area (Å²) in [5, 5.41) is 9.27. The Bertz CT molecular complexity index is 1010. The van der Waals surface area contributed by atoms with Crippen LogP contribution in [0.1, 0.15) is 6.42 Å². The minimum atomic E-state index is 0.867. The predicted molar refractivity (Wildman–Crippen MR) is 95.2 cm³/mol. The zero-order chi connectivity index (χ0) is 16.5. The van der Waals surface area contributed by atoms with Gasteiger partial charge in [0.05, 0.1) is 22.9 Å². The van der Waals surface area contributed by atoms with Crippen LogP contribution in [0, 0.1) is 0 Å². The van der Waals surface area contributed by atoms with E-state index in [-0.39, 0.29) is 0 Å². The highest BCUT2D eigenvalue weighted by Gasteiger charge is 2.14. The molecule has 0 radical (unpaired) electrons. The second-order valence-corrected chi connectivity index (χ2v) is 6.07. The maximum Gasteiger partial charge on any atom is 0.136 e. The first-order valence-corrected chi connectivity index (χ1v) is 7.98. The summed E-state index contributed by atoms with van der Waals surface area (Å²) in [6, 6.07) is 3.92. The van der Waals surface area contributed by atoms with Gasteiger partial charge in [-0.1, -0.05) is 0 Å². The fraction of sp³-hybridized carbons (Fsp3) is 0.294. The zero-order valence-corrected chi connectivity index (χ0v) is 13.8. The van der Waals surface area contributed by atoms with Crippen LogP contribution in [0.4, 0.5) is 5.69 Å². The summed E-state index contributed by atoms with van der Waals surface area (Å²) in [5.41, 5.74) is 4.56. The highest BCUT2D eigenvalue weighted by Crippen LogP contribution is 2.31. The molecular formula is C17H19N7. The van der Waals surface area contributed by atoms with Gasteiger partial charge in [-0.15, -0.1) is 0 Å². The van der Waals surface area contributed by atoms with Crippen LogP contribution >= 0.6 is 0 Å². The van der Waals surface area contributed by atoms with Gasteiger partial charge < -0.3 is 10.2 Å². The number of nitrogens with zero attached hydrogens (tertiary/aromatic N) is 6. The molecule has 4 heterocycles. The second kappa shape index (κ2) is 6.01. The van der Waals surface area contributed by atoms with Gasteiger partial charge in [-0.3, -0.25) is 4.98 Å². The molecule has 0 fully saturated rings. The van der Waals surface area contributed by atoms with Crippen molar-refractivity contribution < 1.29 is 0 Å². The third kappa shape index (κ3) is 2.52. The highest BCUT2D eigenvalue weighted by atomic mass is 15.2. The molecule has 0 unspecified atom stereocenters. The predicted octanol–water partition coefficient (Wildman–Crippen LogP) is 2.19. The van der Waals surface area contributed by atoms with Crippen molar-refractivity contribution in [2.45, 2.75) is 6.42 Å². The summed E-state index contributed by atoms with van der Waals surface area (Å²) in [7, 11) is 4.17. The van der Waals surface area contributed by atoms with Crippen LogP contribution in [0.5, 0.6) is 0 Å². The molecule has 0 spiro atoms. The van der Waals surface area contributed by atoms with Crippen LogP contribution in [0.25, 0.3) is 27.5 Å². The van der Waals surface area contributed by atoms with Crippen molar-refractivity contribution in [3.63, 3.8) is 0 Å². The van der Waals surface area contributed by atoms with E-state index in [0.29, 0.717) is 0 Å². The van der Waals surface area contributed by atoms with Crippen LogP contribution in [0.3, 0.4) is 0 Å². The van der Waals surface area contributed by atoms with Crippen LogP contribution in [-0.2, 0) is 0 Å². The van der Waals surface area contributed by atoms with Gasteiger partial charge in [-0.25, -0.2) is 14.5 Å². The van der Waals surface area contributed by atoms with E-state index in [9.17, 15) is 0 Å². The average molecular weight is 321 g/mol. The molecule has 0 amide bonds. The Morgan fingerprint density at radius 1 is 1.12 bits per heavy atom. The van der Waals surface area contributed by atoms with Crippen LogP contribution in [0.2, 0.25) is 0 Å². The first kappa shape index (κ1) is 14.8. The molecule has 1 N–H and O–H groups in total. The smallest absolute Gasteiger partial charge is 0.136 e. The number of fused-ring (bicyclic) bond motifs is 4. The van der Waals surface area contributed by atoms with Gasteiger partial charge in [0.25, 0.3) is 0 Å². The average Bonchev–Trinajstić information content (AvgIpc) is 2.96. The molecular weight excluding hydrogens is 302 g/mol. The monoisotopic (exact) mass is 321 g/mol. The second-order valence-electron chi connectivity index (χ2n) is 6.07. The third-order valence-electron chi connectivity index (χ3n) is 4.04. The lowest BCUT2D eigenvalue weighted by Crippen LogP contribution is -2.16. The molecule has 0 atom stereocenters. The summed E-state index contributed by atoms with van der Waals surface area (Å²) in [4.78, 5) is 15.3. The van der Waals surface area contributed by atoms with Gasteiger partial charge in [0.2, 0.25) is 0 Å². The lowest BCUT2D eigenvalue weighted by atomic mass is 10.2. The molecule has 0 aliphatic heterocycles. The number of anilines is 1. The molecule has 0 saturated carbocycles. The number of aromatic nitrogens is 5. The van der Waals surface area contributed by atoms with Gasteiger partial charge in [-0.2, -0.15) is 5.10 Å². The summed E-state index contributed by atoms with van der Waals surface area (Å²) in [6.07, 6.45) is 8.10. The first-order chi connectivity index (χ1) is 11.7. The molecule has 0 aromatic carbocycles. The first-order valence-electron chi connectivity index (χ1n) is 7.98. The van der Waals surface area contributed by atoms with Gasteiger partial charge in [-0.05, 0) is 39.2 Å². The topological polar surface area (TPSA) is 71.2 Å². The fourth-order valence-corrected chi connectivity index (χ4v) is 2.90. The van der Waals surface area contributed by atoms with Crippen molar-refractivity contribution in [1.29, 1.82) is 0 Å². The van der Waals surface area contributed by atoms with E-state index in [4.69, 9.17) is 4.98 Å².